The minimum Gasteiger partial charge on any atom is -0.380 e. The number of ether oxygens (including phenoxy) is 1. The van der Waals surface area contributed by atoms with E-state index < -0.39 is 0 Å². The standard InChI is InChI=1S/C19H23F2N3O/c1-13-8-14(4-6-17(13)20)10-23-19(22-2)24-11-15-5-7-18(21)16(9-15)12-25-3/h4-9H,10-12H2,1-3H3,(H2,22,23,24). The summed E-state index contributed by atoms with van der Waals surface area (Å²) in [6.45, 7) is 2.99. The summed E-state index contributed by atoms with van der Waals surface area (Å²) in [4.78, 5) is 4.16. The fraction of sp³-hybridized carbons (Fsp3) is 0.316. The van der Waals surface area contributed by atoms with E-state index in [1.54, 1.807) is 38.2 Å². The quantitative estimate of drug-likeness (QED) is 0.623. The lowest BCUT2D eigenvalue weighted by Gasteiger charge is -2.13. The smallest absolute Gasteiger partial charge is 0.191 e. The van der Waals surface area contributed by atoms with E-state index >= 15 is 0 Å². The molecule has 2 aromatic carbocycles. The van der Waals surface area contributed by atoms with Crippen LogP contribution in [-0.2, 0) is 24.4 Å². The summed E-state index contributed by atoms with van der Waals surface area (Å²) in [5, 5.41) is 6.34. The average Bonchev–Trinajstić information content (AvgIpc) is 2.61. The van der Waals surface area contributed by atoms with Crippen LogP contribution < -0.4 is 10.6 Å². The summed E-state index contributed by atoms with van der Waals surface area (Å²) in [7, 11) is 3.21. The third-order valence-corrected chi connectivity index (χ3v) is 3.78. The molecule has 134 valence electrons. The van der Waals surface area contributed by atoms with Crippen molar-refractivity contribution in [2.45, 2.75) is 26.6 Å². The molecule has 0 fully saturated rings. The molecule has 0 aromatic heterocycles. The second-order valence-corrected chi connectivity index (χ2v) is 5.72. The molecular formula is C19H23F2N3O. The molecule has 0 aliphatic carbocycles. The molecule has 0 saturated heterocycles. The fourth-order valence-corrected chi connectivity index (χ4v) is 2.41. The summed E-state index contributed by atoms with van der Waals surface area (Å²) >= 11 is 0. The Morgan fingerprint density at radius 1 is 1.00 bits per heavy atom. The van der Waals surface area contributed by atoms with Crippen LogP contribution in [0.2, 0.25) is 0 Å². The third-order valence-electron chi connectivity index (χ3n) is 3.78. The van der Waals surface area contributed by atoms with Crippen molar-refractivity contribution in [3.05, 3.63) is 70.3 Å². The lowest BCUT2D eigenvalue weighted by Crippen LogP contribution is -2.36. The highest BCUT2D eigenvalue weighted by Crippen LogP contribution is 2.12. The monoisotopic (exact) mass is 347 g/mol. The number of aryl methyl sites for hydroxylation is 1. The van der Waals surface area contributed by atoms with Crippen LogP contribution in [0, 0.1) is 18.6 Å². The Kier molecular flexibility index (Phi) is 6.89. The Balaban J connectivity index is 1.92. The summed E-state index contributed by atoms with van der Waals surface area (Å²) in [6, 6.07) is 9.91. The van der Waals surface area contributed by atoms with Crippen LogP contribution >= 0.6 is 0 Å². The van der Waals surface area contributed by atoms with E-state index in [9.17, 15) is 8.78 Å². The zero-order valence-electron chi connectivity index (χ0n) is 14.7. The van der Waals surface area contributed by atoms with Gasteiger partial charge in [-0.3, -0.25) is 4.99 Å². The van der Waals surface area contributed by atoms with E-state index in [1.807, 2.05) is 0 Å². The Hall–Kier alpha value is -2.47. The molecule has 2 rings (SSSR count). The highest BCUT2D eigenvalue weighted by molar-refractivity contribution is 5.79. The molecule has 0 aliphatic heterocycles. The number of hydrogen-bond donors (Lipinski definition) is 2. The van der Waals surface area contributed by atoms with Gasteiger partial charge in [0, 0.05) is 32.8 Å². The number of methoxy groups -OCH3 is 1. The van der Waals surface area contributed by atoms with Crippen LogP contribution in [0.3, 0.4) is 0 Å². The van der Waals surface area contributed by atoms with E-state index in [0.29, 0.717) is 30.2 Å². The van der Waals surface area contributed by atoms with Crippen LogP contribution in [0.15, 0.2) is 41.4 Å². The number of rotatable bonds is 6. The molecule has 6 heteroatoms. The highest BCUT2D eigenvalue weighted by Gasteiger charge is 2.05. The lowest BCUT2D eigenvalue weighted by atomic mass is 10.1. The molecule has 2 N–H and O–H groups in total. The maximum absolute atomic E-state index is 13.6. The first kappa shape index (κ1) is 18.9. The van der Waals surface area contributed by atoms with Gasteiger partial charge in [0.2, 0.25) is 0 Å². The van der Waals surface area contributed by atoms with Gasteiger partial charge < -0.3 is 15.4 Å². The average molecular weight is 347 g/mol. The molecule has 0 unspecified atom stereocenters. The SMILES string of the molecule is CN=C(NCc1ccc(F)c(C)c1)NCc1ccc(F)c(COC)c1. The van der Waals surface area contributed by atoms with Crippen molar-refractivity contribution in [1.29, 1.82) is 0 Å². The topological polar surface area (TPSA) is 45.7 Å². The summed E-state index contributed by atoms with van der Waals surface area (Å²) in [6.07, 6.45) is 0. The number of hydrogen-bond acceptors (Lipinski definition) is 2. The molecule has 2 aromatic rings. The normalized spacial score (nSPS) is 11.5. The maximum Gasteiger partial charge on any atom is 0.191 e. The van der Waals surface area contributed by atoms with Gasteiger partial charge in [-0.25, -0.2) is 8.78 Å². The van der Waals surface area contributed by atoms with E-state index in [4.69, 9.17) is 4.74 Å². The summed E-state index contributed by atoms with van der Waals surface area (Å²) < 4.78 is 31.9. The number of nitrogens with one attached hydrogen (secondary N) is 2. The highest BCUT2D eigenvalue weighted by atomic mass is 19.1. The summed E-state index contributed by atoms with van der Waals surface area (Å²) in [5.41, 5.74) is 3.02. The van der Waals surface area contributed by atoms with Crippen molar-refractivity contribution >= 4 is 5.96 Å². The Morgan fingerprint density at radius 3 is 2.16 bits per heavy atom. The van der Waals surface area contributed by atoms with E-state index in [-0.39, 0.29) is 18.2 Å². The molecule has 0 spiro atoms. The molecule has 25 heavy (non-hydrogen) atoms. The van der Waals surface area contributed by atoms with Crippen molar-refractivity contribution in [2.24, 2.45) is 4.99 Å². The van der Waals surface area contributed by atoms with Gasteiger partial charge in [0.05, 0.1) is 6.61 Å². The van der Waals surface area contributed by atoms with Crippen LogP contribution in [0.25, 0.3) is 0 Å². The predicted octanol–water partition coefficient (Wildman–Crippen LogP) is 3.28. The van der Waals surface area contributed by atoms with Crippen LogP contribution in [-0.4, -0.2) is 20.1 Å². The van der Waals surface area contributed by atoms with Crippen molar-refractivity contribution in [1.82, 2.24) is 10.6 Å². The van der Waals surface area contributed by atoms with Gasteiger partial charge in [0.25, 0.3) is 0 Å². The van der Waals surface area contributed by atoms with Crippen LogP contribution in [0.4, 0.5) is 8.78 Å². The van der Waals surface area contributed by atoms with Gasteiger partial charge >= 0.3 is 0 Å². The third kappa shape index (κ3) is 5.53. The first-order valence-corrected chi connectivity index (χ1v) is 7.99. The van der Waals surface area contributed by atoms with Gasteiger partial charge in [0.1, 0.15) is 11.6 Å². The van der Waals surface area contributed by atoms with Crippen LogP contribution in [0.1, 0.15) is 22.3 Å². The van der Waals surface area contributed by atoms with Gasteiger partial charge in [-0.15, -0.1) is 0 Å². The van der Waals surface area contributed by atoms with Crippen LogP contribution in [0.5, 0.6) is 0 Å². The fourth-order valence-electron chi connectivity index (χ4n) is 2.41. The number of nitrogens with zero attached hydrogens (tertiary/aromatic N) is 1. The largest absolute Gasteiger partial charge is 0.380 e. The van der Waals surface area contributed by atoms with Gasteiger partial charge in [-0.1, -0.05) is 18.2 Å². The minimum atomic E-state index is -0.278. The van der Waals surface area contributed by atoms with Crippen molar-refractivity contribution in [2.75, 3.05) is 14.2 Å². The van der Waals surface area contributed by atoms with Gasteiger partial charge in [0.15, 0.2) is 5.96 Å². The Morgan fingerprint density at radius 2 is 1.60 bits per heavy atom. The molecule has 0 amide bonds. The molecule has 0 saturated carbocycles. The first-order valence-electron chi connectivity index (χ1n) is 7.99. The maximum atomic E-state index is 13.6. The van der Waals surface area contributed by atoms with Crippen molar-refractivity contribution in [3.63, 3.8) is 0 Å². The predicted molar refractivity (Wildman–Crippen MR) is 95.3 cm³/mol. The number of benzene rings is 2. The second-order valence-electron chi connectivity index (χ2n) is 5.72. The minimum absolute atomic E-state index is 0.213. The van der Waals surface area contributed by atoms with E-state index in [0.717, 1.165) is 11.1 Å². The van der Waals surface area contributed by atoms with Gasteiger partial charge in [-0.05, 0) is 41.8 Å². The van der Waals surface area contributed by atoms with Gasteiger partial charge in [-0.2, -0.15) is 0 Å². The molecule has 0 radical (unpaired) electrons. The zero-order valence-corrected chi connectivity index (χ0v) is 14.7. The number of aliphatic imine (C=N–C) groups is 1. The lowest BCUT2D eigenvalue weighted by molar-refractivity contribution is 0.181. The molecule has 4 nitrogen and oxygen atoms in total. The number of guanidine groups is 1. The van der Waals surface area contributed by atoms with E-state index in [1.165, 1.54) is 19.2 Å². The molecule has 0 atom stereocenters. The van der Waals surface area contributed by atoms with E-state index in [2.05, 4.69) is 15.6 Å². The molecule has 0 heterocycles. The summed E-state index contributed by atoms with van der Waals surface area (Å²) in [5.74, 6) is 0.119. The zero-order chi connectivity index (χ0) is 18.2. The molecule has 0 aliphatic rings. The molecular weight excluding hydrogens is 324 g/mol. The Labute approximate surface area is 146 Å². The second kappa shape index (κ2) is 9.13. The first-order chi connectivity index (χ1) is 12.0. The van der Waals surface area contributed by atoms with Crippen molar-refractivity contribution in [3.8, 4) is 0 Å². The van der Waals surface area contributed by atoms with Crippen molar-refractivity contribution < 1.29 is 13.5 Å². The molecule has 0 bridgehead atoms. The Bertz CT molecular complexity index is 747. The number of halogens is 2.